The number of hydrogen-bond donors (Lipinski definition) is 1. The van der Waals surface area contributed by atoms with E-state index in [2.05, 4.69) is 39.1 Å². The fraction of sp³-hybridized carbons (Fsp3) is 0.750. The molecule has 2 rings (SSSR count). The summed E-state index contributed by atoms with van der Waals surface area (Å²) in [5.41, 5.74) is 1.17. The molecule has 1 fully saturated rings. The zero-order valence-electron chi connectivity index (χ0n) is 13.0. The van der Waals surface area contributed by atoms with Crippen LogP contribution < -0.4 is 5.32 Å². The molecule has 0 amide bonds. The second-order valence-corrected chi connectivity index (χ2v) is 6.12. The van der Waals surface area contributed by atoms with E-state index >= 15 is 0 Å². The fourth-order valence-corrected chi connectivity index (χ4v) is 2.60. The molecule has 1 aliphatic rings. The second kappa shape index (κ2) is 7.25. The summed E-state index contributed by atoms with van der Waals surface area (Å²) in [5.74, 6) is 0.900. The summed E-state index contributed by atoms with van der Waals surface area (Å²) >= 11 is 0. The Morgan fingerprint density at radius 3 is 2.65 bits per heavy atom. The van der Waals surface area contributed by atoms with E-state index < -0.39 is 0 Å². The number of furan rings is 1. The summed E-state index contributed by atoms with van der Waals surface area (Å²) in [5, 5.41) is 3.37. The lowest BCUT2D eigenvalue weighted by molar-refractivity contribution is -0.108. The minimum atomic E-state index is 0.274. The Bertz CT molecular complexity index is 392. The maximum absolute atomic E-state index is 5.95. The first-order valence-electron chi connectivity index (χ1n) is 7.59. The normalized spacial score (nSPS) is 27.1. The summed E-state index contributed by atoms with van der Waals surface area (Å²) in [6.07, 6.45) is 4.58. The first kappa shape index (κ1) is 15.5. The molecule has 4 heteroatoms. The van der Waals surface area contributed by atoms with Gasteiger partial charge in [-0.05, 0) is 32.8 Å². The molecule has 0 saturated carbocycles. The van der Waals surface area contributed by atoms with E-state index in [1.54, 1.807) is 0 Å². The predicted molar refractivity (Wildman–Crippen MR) is 78.5 cm³/mol. The number of rotatable bonds is 6. The van der Waals surface area contributed by atoms with E-state index in [1.807, 2.05) is 6.26 Å². The molecule has 0 radical (unpaired) electrons. The van der Waals surface area contributed by atoms with Crippen molar-refractivity contribution in [2.75, 3.05) is 0 Å². The van der Waals surface area contributed by atoms with Crippen molar-refractivity contribution in [2.24, 2.45) is 0 Å². The first-order chi connectivity index (χ1) is 9.52. The lowest BCUT2D eigenvalue weighted by atomic mass is 10.0. The topological polar surface area (TPSA) is 43.6 Å². The molecule has 114 valence electrons. The summed E-state index contributed by atoms with van der Waals surface area (Å²) < 4.78 is 17.2. The summed E-state index contributed by atoms with van der Waals surface area (Å²) in [4.78, 5) is 0. The third kappa shape index (κ3) is 4.93. The SMILES string of the molecule is CC(C)NCc1coc(COC2CC(C)OC(C)C2)c1. The van der Waals surface area contributed by atoms with Crippen LogP contribution in [0.3, 0.4) is 0 Å². The van der Waals surface area contributed by atoms with E-state index in [4.69, 9.17) is 13.9 Å². The Kier molecular flexibility index (Phi) is 5.64. The summed E-state index contributed by atoms with van der Waals surface area (Å²) in [6, 6.07) is 2.55. The highest BCUT2D eigenvalue weighted by Crippen LogP contribution is 2.23. The summed E-state index contributed by atoms with van der Waals surface area (Å²) in [7, 11) is 0. The van der Waals surface area contributed by atoms with Gasteiger partial charge in [0.1, 0.15) is 12.4 Å². The number of hydrogen-bond acceptors (Lipinski definition) is 4. The van der Waals surface area contributed by atoms with Crippen LogP contribution in [0.2, 0.25) is 0 Å². The van der Waals surface area contributed by atoms with Gasteiger partial charge in [0.25, 0.3) is 0 Å². The molecule has 2 atom stereocenters. The highest BCUT2D eigenvalue weighted by Gasteiger charge is 2.25. The van der Waals surface area contributed by atoms with Crippen LogP contribution in [-0.4, -0.2) is 24.4 Å². The molecular weight excluding hydrogens is 254 g/mol. The molecule has 4 nitrogen and oxygen atoms in total. The third-order valence-corrected chi connectivity index (χ3v) is 3.54. The molecule has 1 N–H and O–H groups in total. The molecule has 2 unspecified atom stereocenters. The van der Waals surface area contributed by atoms with Gasteiger partial charge in [-0.3, -0.25) is 0 Å². The van der Waals surface area contributed by atoms with E-state index in [1.165, 1.54) is 5.56 Å². The molecule has 1 saturated heterocycles. The van der Waals surface area contributed by atoms with Gasteiger partial charge in [-0.15, -0.1) is 0 Å². The standard InChI is InChI=1S/C16H27NO3/c1-11(2)17-8-14-7-16(18-9-14)10-19-15-5-12(3)20-13(4)6-15/h7,9,11-13,15,17H,5-6,8,10H2,1-4H3. The number of nitrogens with one attached hydrogen (secondary N) is 1. The quantitative estimate of drug-likeness (QED) is 0.869. The number of ether oxygens (including phenoxy) is 2. The minimum absolute atomic E-state index is 0.274. The lowest BCUT2D eigenvalue weighted by Crippen LogP contribution is -2.33. The van der Waals surface area contributed by atoms with Crippen LogP contribution in [0.5, 0.6) is 0 Å². The minimum Gasteiger partial charge on any atom is -0.467 e. The van der Waals surface area contributed by atoms with Crippen LogP contribution >= 0.6 is 0 Å². The molecule has 1 aromatic heterocycles. The van der Waals surface area contributed by atoms with Crippen LogP contribution in [0.15, 0.2) is 16.7 Å². The van der Waals surface area contributed by atoms with Crippen LogP contribution in [0.25, 0.3) is 0 Å². The maximum Gasteiger partial charge on any atom is 0.129 e. The van der Waals surface area contributed by atoms with Crippen molar-refractivity contribution in [3.05, 3.63) is 23.7 Å². The van der Waals surface area contributed by atoms with Gasteiger partial charge in [-0.2, -0.15) is 0 Å². The molecule has 20 heavy (non-hydrogen) atoms. The predicted octanol–water partition coefficient (Wildman–Crippen LogP) is 3.25. The van der Waals surface area contributed by atoms with E-state index in [-0.39, 0.29) is 18.3 Å². The lowest BCUT2D eigenvalue weighted by Gasteiger charge is -2.31. The molecule has 1 aliphatic heterocycles. The van der Waals surface area contributed by atoms with E-state index in [9.17, 15) is 0 Å². The second-order valence-electron chi connectivity index (χ2n) is 6.12. The molecule has 0 aromatic carbocycles. The fourth-order valence-electron chi connectivity index (χ4n) is 2.60. The van der Waals surface area contributed by atoms with Crippen molar-refractivity contribution in [2.45, 2.75) is 78.0 Å². The van der Waals surface area contributed by atoms with Crippen LogP contribution in [0, 0.1) is 0 Å². The van der Waals surface area contributed by atoms with Gasteiger partial charge in [0, 0.05) is 18.2 Å². The van der Waals surface area contributed by atoms with Crippen LogP contribution in [0.1, 0.15) is 51.9 Å². The van der Waals surface area contributed by atoms with Crippen molar-refractivity contribution in [1.82, 2.24) is 5.32 Å². The van der Waals surface area contributed by atoms with Gasteiger partial charge in [0.2, 0.25) is 0 Å². The van der Waals surface area contributed by atoms with Crippen molar-refractivity contribution >= 4 is 0 Å². The van der Waals surface area contributed by atoms with Gasteiger partial charge >= 0.3 is 0 Å². The smallest absolute Gasteiger partial charge is 0.129 e. The highest BCUT2D eigenvalue weighted by atomic mass is 16.5. The van der Waals surface area contributed by atoms with Gasteiger partial charge in [-0.1, -0.05) is 13.8 Å². The Morgan fingerprint density at radius 1 is 1.30 bits per heavy atom. The van der Waals surface area contributed by atoms with Gasteiger partial charge in [0.05, 0.1) is 24.6 Å². The zero-order valence-corrected chi connectivity index (χ0v) is 13.0. The molecule has 0 aliphatic carbocycles. The Labute approximate surface area is 121 Å². The van der Waals surface area contributed by atoms with E-state index in [0.717, 1.165) is 25.1 Å². The average molecular weight is 281 g/mol. The zero-order chi connectivity index (χ0) is 14.5. The average Bonchev–Trinajstić information content (AvgIpc) is 2.81. The Balaban J connectivity index is 1.76. The van der Waals surface area contributed by atoms with E-state index in [0.29, 0.717) is 12.6 Å². The highest BCUT2D eigenvalue weighted by molar-refractivity contribution is 5.12. The third-order valence-electron chi connectivity index (χ3n) is 3.54. The van der Waals surface area contributed by atoms with Gasteiger partial charge in [-0.25, -0.2) is 0 Å². The van der Waals surface area contributed by atoms with Crippen molar-refractivity contribution < 1.29 is 13.9 Å². The van der Waals surface area contributed by atoms with Gasteiger partial charge < -0.3 is 19.2 Å². The molecule has 1 aromatic rings. The molecular formula is C16H27NO3. The first-order valence-corrected chi connectivity index (χ1v) is 7.59. The maximum atomic E-state index is 5.95. The van der Waals surface area contributed by atoms with Crippen LogP contribution in [0.4, 0.5) is 0 Å². The molecule has 0 bridgehead atoms. The Morgan fingerprint density at radius 2 is 2.00 bits per heavy atom. The van der Waals surface area contributed by atoms with Crippen molar-refractivity contribution in [3.8, 4) is 0 Å². The molecule has 2 heterocycles. The Hall–Kier alpha value is -0.840. The van der Waals surface area contributed by atoms with Gasteiger partial charge in [0.15, 0.2) is 0 Å². The van der Waals surface area contributed by atoms with Crippen LogP contribution in [-0.2, 0) is 22.6 Å². The van der Waals surface area contributed by atoms with Crippen molar-refractivity contribution in [3.63, 3.8) is 0 Å². The molecule has 0 spiro atoms. The largest absolute Gasteiger partial charge is 0.467 e. The summed E-state index contributed by atoms with van der Waals surface area (Å²) in [6.45, 7) is 9.87. The monoisotopic (exact) mass is 281 g/mol. The van der Waals surface area contributed by atoms with Crippen molar-refractivity contribution in [1.29, 1.82) is 0 Å².